The van der Waals surface area contributed by atoms with Crippen LogP contribution in [-0.4, -0.2) is 7.11 Å². The molecule has 3 heteroatoms. The van der Waals surface area contributed by atoms with Crippen molar-refractivity contribution in [1.82, 2.24) is 0 Å². The highest BCUT2D eigenvalue weighted by molar-refractivity contribution is 5.82. The number of nitrogens with zero attached hydrogens (tertiary/aromatic N) is 1. The first-order chi connectivity index (χ1) is 9.19. The Bertz CT molecular complexity index is 687. The molecule has 0 fully saturated rings. The van der Waals surface area contributed by atoms with Crippen molar-refractivity contribution in [3.63, 3.8) is 0 Å². The molecule has 0 saturated carbocycles. The Morgan fingerprint density at radius 1 is 1.16 bits per heavy atom. The van der Waals surface area contributed by atoms with Crippen LogP contribution in [0.4, 0.5) is 0 Å². The van der Waals surface area contributed by atoms with E-state index in [9.17, 15) is 5.26 Å². The van der Waals surface area contributed by atoms with Gasteiger partial charge >= 0.3 is 0 Å². The average molecular weight is 251 g/mol. The summed E-state index contributed by atoms with van der Waals surface area (Å²) in [7, 11) is 1.64. The van der Waals surface area contributed by atoms with E-state index in [1.165, 1.54) is 0 Å². The minimum atomic E-state index is -0.962. The molecule has 2 aromatic rings. The molecule has 1 heterocycles. The highest BCUT2D eigenvalue weighted by atomic mass is 16.5. The monoisotopic (exact) mass is 251 g/mol. The maximum atomic E-state index is 9.44. The van der Waals surface area contributed by atoms with Crippen molar-refractivity contribution >= 4 is 0 Å². The Morgan fingerprint density at radius 2 is 1.95 bits per heavy atom. The molecular weight excluding hydrogens is 238 g/mol. The van der Waals surface area contributed by atoms with Gasteiger partial charge in [0.2, 0.25) is 5.60 Å². The summed E-state index contributed by atoms with van der Waals surface area (Å²) >= 11 is 0. The van der Waals surface area contributed by atoms with Crippen molar-refractivity contribution < 1.29 is 9.47 Å². The van der Waals surface area contributed by atoms with Crippen LogP contribution in [0.25, 0.3) is 11.1 Å². The van der Waals surface area contributed by atoms with Crippen LogP contribution >= 0.6 is 0 Å². The van der Waals surface area contributed by atoms with Crippen molar-refractivity contribution in [3.8, 4) is 28.7 Å². The first-order valence-electron chi connectivity index (χ1n) is 6.07. The summed E-state index contributed by atoms with van der Waals surface area (Å²) in [4.78, 5) is 0. The van der Waals surface area contributed by atoms with E-state index in [2.05, 4.69) is 6.07 Å². The van der Waals surface area contributed by atoms with E-state index in [0.717, 1.165) is 22.4 Å². The molecule has 1 unspecified atom stereocenters. The molecule has 0 amide bonds. The quantitative estimate of drug-likeness (QED) is 0.779. The Hall–Kier alpha value is -2.47. The second-order valence-corrected chi connectivity index (χ2v) is 4.63. The van der Waals surface area contributed by atoms with E-state index in [-0.39, 0.29) is 0 Å². The van der Waals surface area contributed by atoms with Crippen LogP contribution in [0.1, 0.15) is 12.5 Å². The van der Waals surface area contributed by atoms with Gasteiger partial charge in [0, 0.05) is 5.56 Å². The first kappa shape index (κ1) is 11.6. The number of fused-ring (bicyclic) bond motifs is 3. The van der Waals surface area contributed by atoms with Gasteiger partial charge in [-0.15, -0.1) is 0 Å². The number of methoxy groups -OCH3 is 1. The van der Waals surface area contributed by atoms with E-state index in [1.54, 1.807) is 14.0 Å². The van der Waals surface area contributed by atoms with Crippen molar-refractivity contribution in [3.05, 3.63) is 48.0 Å². The van der Waals surface area contributed by atoms with E-state index in [1.807, 2.05) is 42.5 Å². The first-order valence-corrected chi connectivity index (χ1v) is 6.07. The van der Waals surface area contributed by atoms with Gasteiger partial charge in [-0.05, 0) is 24.6 Å². The normalized spacial score (nSPS) is 19.6. The smallest absolute Gasteiger partial charge is 0.217 e. The van der Waals surface area contributed by atoms with Crippen LogP contribution in [0, 0.1) is 11.3 Å². The van der Waals surface area contributed by atoms with Crippen LogP contribution in [0.15, 0.2) is 42.5 Å². The lowest BCUT2D eigenvalue weighted by atomic mass is 9.85. The molecule has 19 heavy (non-hydrogen) atoms. The number of hydrogen-bond donors (Lipinski definition) is 0. The molecule has 0 radical (unpaired) electrons. The SMILES string of the molecule is COc1cccc2c1-c1ccccc1C(C)(C#N)O2. The maximum absolute atomic E-state index is 9.44. The van der Waals surface area contributed by atoms with E-state index in [4.69, 9.17) is 9.47 Å². The van der Waals surface area contributed by atoms with Crippen molar-refractivity contribution in [2.45, 2.75) is 12.5 Å². The molecule has 2 aromatic carbocycles. The topological polar surface area (TPSA) is 42.2 Å². The van der Waals surface area contributed by atoms with Gasteiger partial charge < -0.3 is 9.47 Å². The lowest BCUT2D eigenvalue weighted by molar-refractivity contribution is 0.145. The second kappa shape index (κ2) is 4.03. The maximum Gasteiger partial charge on any atom is 0.217 e. The Labute approximate surface area is 112 Å². The molecule has 3 rings (SSSR count). The van der Waals surface area contributed by atoms with E-state index >= 15 is 0 Å². The molecule has 0 bridgehead atoms. The molecule has 94 valence electrons. The summed E-state index contributed by atoms with van der Waals surface area (Å²) in [5.41, 5.74) is 1.81. The van der Waals surface area contributed by atoms with Crippen LogP contribution in [-0.2, 0) is 5.60 Å². The number of nitriles is 1. The Morgan fingerprint density at radius 3 is 2.68 bits per heavy atom. The van der Waals surface area contributed by atoms with Gasteiger partial charge in [0.1, 0.15) is 17.6 Å². The van der Waals surface area contributed by atoms with Crippen LogP contribution in [0.5, 0.6) is 11.5 Å². The van der Waals surface area contributed by atoms with Crippen LogP contribution < -0.4 is 9.47 Å². The zero-order valence-electron chi connectivity index (χ0n) is 10.8. The second-order valence-electron chi connectivity index (χ2n) is 4.63. The minimum Gasteiger partial charge on any atom is -0.496 e. The highest BCUT2D eigenvalue weighted by Gasteiger charge is 2.37. The molecule has 1 aliphatic rings. The predicted octanol–water partition coefficient (Wildman–Crippen LogP) is 3.49. The summed E-state index contributed by atoms with van der Waals surface area (Å²) < 4.78 is 11.3. The van der Waals surface area contributed by atoms with Crippen LogP contribution in [0.3, 0.4) is 0 Å². The third kappa shape index (κ3) is 1.57. The molecule has 0 spiro atoms. The number of ether oxygens (including phenoxy) is 2. The summed E-state index contributed by atoms with van der Waals surface area (Å²) in [6, 6.07) is 15.7. The van der Waals surface area contributed by atoms with Gasteiger partial charge in [-0.1, -0.05) is 30.3 Å². The summed E-state index contributed by atoms with van der Waals surface area (Å²) in [6.45, 7) is 1.79. The van der Waals surface area contributed by atoms with Gasteiger partial charge in [-0.2, -0.15) is 5.26 Å². The van der Waals surface area contributed by atoms with Gasteiger partial charge in [-0.3, -0.25) is 0 Å². The summed E-state index contributed by atoms with van der Waals surface area (Å²) in [5, 5.41) is 9.44. The number of rotatable bonds is 1. The van der Waals surface area contributed by atoms with E-state index < -0.39 is 5.60 Å². The lowest BCUT2D eigenvalue weighted by Crippen LogP contribution is -2.31. The lowest BCUT2D eigenvalue weighted by Gasteiger charge is -2.33. The molecule has 0 aromatic heterocycles. The zero-order valence-corrected chi connectivity index (χ0v) is 10.8. The predicted molar refractivity (Wildman–Crippen MR) is 72.0 cm³/mol. The standard InChI is InChI=1S/C16H13NO2/c1-16(10-17)12-7-4-3-6-11(12)15-13(18-2)8-5-9-14(15)19-16/h3-9H,1-2H3. The van der Waals surface area contributed by atoms with Gasteiger partial charge in [0.05, 0.1) is 12.7 Å². The largest absolute Gasteiger partial charge is 0.496 e. The van der Waals surface area contributed by atoms with Crippen molar-refractivity contribution in [2.24, 2.45) is 0 Å². The number of hydrogen-bond acceptors (Lipinski definition) is 3. The molecule has 0 aliphatic carbocycles. The highest BCUT2D eigenvalue weighted by Crippen LogP contribution is 2.48. The molecule has 3 nitrogen and oxygen atoms in total. The molecular formula is C16H13NO2. The van der Waals surface area contributed by atoms with Gasteiger partial charge in [0.15, 0.2) is 0 Å². The third-order valence-electron chi connectivity index (χ3n) is 3.45. The van der Waals surface area contributed by atoms with Gasteiger partial charge in [-0.25, -0.2) is 0 Å². The van der Waals surface area contributed by atoms with Crippen LogP contribution in [0.2, 0.25) is 0 Å². The van der Waals surface area contributed by atoms with Crippen molar-refractivity contribution in [2.75, 3.05) is 7.11 Å². The fourth-order valence-electron chi connectivity index (χ4n) is 2.51. The fourth-order valence-corrected chi connectivity index (χ4v) is 2.51. The average Bonchev–Trinajstić information content (AvgIpc) is 2.46. The fraction of sp³-hybridized carbons (Fsp3) is 0.188. The minimum absolute atomic E-state index is 0.683. The molecule has 1 aliphatic heterocycles. The number of benzene rings is 2. The summed E-state index contributed by atoms with van der Waals surface area (Å²) in [5.74, 6) is 1.44. The summed E-state index contributed by atoms with van der Waals surface area (Å²) in [6.07, 6.45) is 0. The molecule has 1 atom stereocenters. The molecule has 0 saturated heterocycles. The van der Waals surface area contributed by atoms with Crippen molar-refractivity contribution in [1.29, 1.82) is 5.26 Å². The Kier molecular flexibility index (Phi) is 2.46. The van der Waals surface area contributed by atoms with Gasteiger partial charge in [0.25, 0.3) is 0 Å². The zero-order chi connectivity index (χ0) is 13.5. The molecule has 0 N–H and O–H groups in total. The third-order valence-corrected chi connectivity index (χ3v) is 3.45. The van der Waals surface area contributed by atoms with E-state index in [0.29, 0.717) is 5.75 Å². The Balaban J connectivity index is 2.36.